The molecule has 0 aliphatic rings. The first-order valence-electron chi connectivity index (χ1n) is 5.88. The van der Waals surface area contributed by atoms with Crippen molar-refractivity contribution in [2.75, 3.05) is 31.3 Å². The van der Waals surface area contributed by atoms with E-state index < -0.39 is 0 Å². The van der Waals surface area contributed by atoms with E-state index in [9.17, 15) is 0 Å². The van der Waals surface area contributed by atoms with E-state index in [4.69, 9.17) is 15.2 Å². The van der Waals surface area contributed by atoms with Crippen LogP contribution in [-0.2, 0) is 0 Å². The van der Waals surface area contributed by atoms with E-state index >= 15 is 0 Å². The molecule has 1 heterocycles. The van der Waals surface area contributed by atoms with Crippen LogP contribution in [0.3, 0.4) is 0 Å². The number of aromatic nitrogens is 2. The SMILES string of the molecule is COc1ccnc(NCCOc2ccccc2N)n1. The topological polar surface area (TPSA) is 82.3 Å². The summed E-state index contributed by atoms with van der Waals surface area (Å²) in [5.41, 5.74) is 6.39. The fourth-order valence-electron chi connectivity index (χ4n) is 1.48. The Kier molecular flexibility index (Phi) is 4.39. The molecule has 0 fully saturated rings. The van der Waals surface area contributed by atoms with Gasteiger partial charge in [0.1, 0.15) is 12.4 Å². The van der Waals surface area contributed by atoms with Gasteiger partial charge in [0.15, 0.2) is 0 Å². The zero-order valence-corrected chi connectivity index (χ0v) is 10.7. The summed E-state index contributed by atoms with van der Waals surface area (Å²) < 4.78 is 10.5. The summed E-state index contributed by atoms with van der Waals surface area (Å²) in [5.74, 6) is 1.70. The Morgan fingerprint density at radius 3 is 2.89 bits per heavy atom. The molecule has 0 radical (unpaired) electrons. The van der Waals surface area contributed by atoms with Crippen LogP contribution in [0.1, 0.15) is 0 Å². The third-order valence-electron chi connectivity index (χ3n) is 2.40. The molecule has 1 aromatic carbocycles. The van der Waals surface area contributed by atoms with Crippen LogP contribution >= 0.6 is 0 Å². The van der Waals surface area contributed by atoms with Crippen LogP contribution in [-0.4, -0.2) is 30.2 Å². The minimum Gasteiger partial charge on any atom is -0.490 e. The highest BCUT2D eigenvalue weighted by atomic mass is 16.5. The molecule has 0 unspecified atom stereocenters. The molecule has 6 nitrogen and oxygen atoms in total. The van der Waals surface area contributed by atoms with Crippen molar-refractivity contribution in [3.05, 3.63) is 36.5 Å². The van der Waals surface area contributed by atoms with Gasteiger partial charge in [-0.3, -0.25) is 0 Å². The number of ether oxygens (including phenoxy) is 2. The summed E-state index contributed by atoms with van der Waals surface area (Å²) in [6, 6.07) is 9.06. The Hall–Kier alpha value is -2.50. The minimum absolute atomic E-state index is 0.467. The summed E-state index contributed by atoms with van der Waals surface area (Å²) in [7, 11) is 1.56. The zero-order chi connectivity index (χ0) is 13.5. The number of hydrogen-bond acceptors (Lipinski definition) is 6. The van der Waals surface area contributed by atoms with E-state index in [1.165, 1.54) is 0 Å². The molecular weight excluding hydrogens is 244 g/mol. The smallest absolute Gasteiger partial charge is 0.226 e. The fourth-order valence-corrected chi connectivity index (χ4v) is 1.48. The van der Waals surface area contributed by atoms with Crippen LogP contribution in [0.2, 0.25) is 0 Å². The van der Waals surface area contributed by atoms with Crippen molar-refractivity contribution in [2.24, 2.45) is 0 Å². The van der Waals surface area contributed by atoms with Gasteiger partial charge in [-0.05, 0) is 12.1 Å². The largest absolute Gasteiger partial charge is 0.490 e. The number of nitrogens with two attached hydrogens (primary N) is 1. The highest BCUT2D eigenvalue weighted by Crippen LogP contribution is 2.19. The highest BCUT2D eigenvalue weighted by Gasteiger charge is 2.00. The molecular formula is C13H16N4O2. The number of nitrogens with zero attached hydrogens (tertiary/aromatic N) is 2. The molecule has 0 saturated heterocycles. The monoisotopic (exact) mass is 260 g/mol. The van der Waals surface area contributed by atoms with Gasteiger partial charge < -0.3 is 20.5 Å². The average Bonchev–Trinajstić information content (AvgIpc) is 2.45. The predicted octanol–water partition coefficient (Wildman–Crippen LogP) is 1.56. The molecule has 0 saturated carbocycles. The van der Waals surface area contributed by atoms with Crippen LogP contribution in [0.25, 0.3) is 0 Å². The van der Waals surface area contributed by atoms with E-state index in [2.05, 4.69) is 15.3 Å². The van der Waals surface area contributed by atoms with Gasteiger partial charge in [0.05, 0.1) is 19.3 Å². The van der Waals surface area contributed by atoms with Gasteiger partial charge in [0.2, 0.25) is 11.8 Å². The van der Waals surface area contributed by atoms with E-state index in [0.29, 0.717) is 36.4 Å². The third kappa shape index (κ3) is 3.74. The Labute approximate surface area is 111 Å². The zero-order valence-electron chi connectivity index (χ0n) is 10.7. The Bertz CT molecular complexity index is 534. The third-order valence-corrected chi connectivity index (χ3v) is 2.40. The lowest BCUT2D eigenvalue weighted by molar-refractivity contribution is 0.334. The maximum atomic E-state index is 5.77. The standard InChI is InChI=1S/C13H16N4O2/c1-18-12-6-7-15-13(17-12)16-8-9-19-11-5-3-2-4-10(11)14/h2-7H,8-9,14H2,1H3,(H,15,16,17). The fraction of sp³-hybridized carbons (Fsp3) is 0.231. The number of anilines is 2. The molecule has 0 spiro atoms. The van der Waals surface area contributed by atoms with Crippen molar-refractivity contribution >= 4 is 11.6 Å². The summed E-state index contributed by atoms with van der Waals surface area (Å²) in [6.45, 7) is 1.04. The Balaban J connectivity index is 1.79. The molecule has 1 aromatic heterocycles. The summed E-state index contributed by atoms with van der Waals surface area (Å²) in [4.78, 5) is 8.20. The summed E-state index contributed by atoms with van der Waals surface area (Å²) >= 11 is 0. The number of hydrogen-bond donors (Lipinski definition) is 2. The second-order valence-electron chi connectivity index (χ2n) is 3.74. The molecule has 2 aromatic rings. The van der Waals surface area contributed by atoms with Gasteiger partial charge in [-0.25, -0.2) is 4.98 Å². The van der Waals surface area contributed by atoms with Gasteiger partial charge in [0.25, 0.3) is 0 Å². The quantitative estimate of drug-likeness (QED) is 0.606. The molecule has 3 N–H and O–H groups in total. The lowest BCUT2D eigenvalue weighted by Crippen LogP contribution is -2.13. The second kappa shape index (κ2) is 6.44. The normalized spacial score (nSPS) is 9.95. The van der Waals surface area contributed by atoms with Crippen molar-refractivity contribution in [3.8, 4) is 11.6 Å². The maximum Gasteiger partial charge on any atom is 0.226 e. The predicted molar refractivity (Wildman–Crippen MR) is 73.4 cm³/mol. The molecule has 0 bridgehead atoms. The highest BCUT2D eigenvalue weighted by molar-refractivity contribution is 5.51. The molecule has 0 atom stereocenters. The van der Waals surface area contributed by atoms with E-state index in [-0.39, 0.29) is 0 Å². The van der Waals surface area contributed by atoms with E-state index in [0.717, 1.165) is 0 Å². The minimum atomic E-state index is 0.467. The van der Waals surface area contributed by atoms with Crippen molar-refractivity contribution in [2.45, 2.75) is 0 Å². The number of methoxy groups -OCH3 is 1. The Morgan fingerprint density at radius 1 is 1.26 bits per heavy atom. The van der Waals surface area contributed by atoms with Crippen LogP contribution in [0.4, 0.5) is 11.6 Å². The number of nitrogens with one attached hydrogen (secondary N) is 1. The van der Waals surface area contributed by atoms with Gasteiger partial charge in [0, 0.05) is 12.3 Å². The first-order valence-corrected chi connectivity index (χ1v) is 5.88. The number of nitrogen functional groups attached to an aromatic ring is 1. The van der Waals surface area contributed by atoms with Crippen LogP contribution < -0.4 is 20.5 Å². The second-order valence-corrected chi connectivity index (χ2v) is 3.74. The molecule has 100 valence electrons. The molecule has 6 heteroatoms. The summed E-state index contributed by atoms with van der Waals surface area (Å²) in [5, 5.41) is 3.04. The summed E-state index contributed by atoms with van der Waals surface area (Å²) in [6.07, 6.45) is 1.63. The maximum absolute atomic E-state index is 5.77. The number of benzene rings is 1. The molecule has 19 heavy (non-hydrogen) atoms. The first kappa shape index (κ1) is 12.9. The van der Waals surface area contributed by atoms with Crippen LogP contribution in [0.15, 0.2) is 36.5 Å². The van der Waals surface area contributed by atoms with Crippen molar-refractivity contribution < 1.29 is 9.47 Å². The van der Waals surface area contributed by atoms with E-state index in [1.54, 1.807) is 25.4 Å². The van der Waals surface area contributed by atoms with Gasteiger partial charge in [-0.2, -0.15) is 4.98 Å². The van der Waals surface area contributed by atoms with Gasteiger partial charge in [-0.1, -0.05) is 12.1 Å². The van der Waals surface area contributed by atoms with Crippen molar-refractivity contribution in [3.63, 3.8) is 0 Å². The van der Waals surface area contributed by atoms with Crippen molar-refractivity contribution in [1.29, 1.82) is 0 Å². The molecule has 0 aliphatic heterocycles. The van der Waals surface area contributed by atoms with Gasteiger partial charge >= 0.3 is 0 Å². The van der Waals surface area contributed by atoms with Crippen molar-refractivity contribution in [1.82, 2.24) is 9.97 Å². The molecule has 2 rings (SSSR count). The van der Waals surface area contributed by atoms with Crippen LogP contribution in [0, 0.1) is 0 Å². The number of para-hydroxylation sites is 2. The lowest BCUT2D eigenvalue weighted by Gasteiger charge is -2.09. The lowest BCUT2D eigenvalue weighted by atomic mass is 10.3. The molecule has 0 amide bonds. The Morgan fingerprint density at radius 2 is 2.11 bits per heavy atom. The first-order chi connectivity index (χ1) is 9.29. The van der Waals surface area contributed by atoms with Gasteiger partial charge in [-0.15, -0.1) is 0 Å². The van der Waals surface area contributed by atoms with E-state index in [1.807, 2.05) is 18.2 Å². The van der Waals surface area contributed by atoms with Crippen LogP contribution in [0.5, 0.6) is 11.6 Å². The average molecular weight is 260 g/mol. The molecule has 0 aliphatic carbocycles. The number of rotatable bonds is 6.